The number of hydrogen-bond acceptors (Lipinski definition) is 3. The standard InChI is InChI=1S/C13H9N3/c14-9-12-3-1-11(2-4-12)5-6-13-7-8-15-10-16-13/h1-8,10H/b6-5+. The molecule has 1 aromatic heterocycles. The van der Waals surface area contributed by atoms with E-state index in [2.05, 4.69) is 16.0 Å². The van der Waals surface area contributed by atoms with Crippen molar-refractivity contribution in [3.8, 4) is 6.07 Å². The molecule has 0 radical (unpaired) electrons. The van der Waals surface area contributed by atoms with Crippen molar-refractivity contribution in [3.05, 3.63) is 59.7 Å². The molecule has 0 N–H and O–H groups in total. The van der Waals surface area contributed by atoms with Gasteiger partial charge in [-0.1, -0.05) is 18.2 Å². The molecule has 0 bridgehead atoms. The summed E-state index contributed by atoms with van der Waals surface area (Å²) in [7, 11) is 0. The lowest BCUT2D eigenvalue weighted by atomic mass is 10.1. The molecule has 2 aromatic rings. The van der Waals surface area contributed by atoms with Crippen molar-refractivity contribution < 1.29 is 0 Å². The number of aromatic nitrogens is 2. The molecule has 3 heteroatoms. The molecule has 0 saturated heterocycles. The fourth-order valence-corrected chi connectivity index (χ4v) is 1.25. The van der Waals surface area contributed by atoms with Crippen LogP contribution in [0.1, 0.15) is 16.8 Å². The van der Waals surface area contributed by atoms with E-state index in [1.807, 2.05) is 30.4 Å². The van der Waals surface area contributed by atoms with Crippen molar-refractivity contribution in [3.63, 3.8) is 0 Å². The van der Waals surface area contributed by atoms with Gasteiger partial charge in [-0.25, -0.2) is 9.97 Å². The first-order valence-electron chi connectivity index (χ1n) is 4.83. The van der Waals surface area contributed by atoms with E-state index < -0.39 is 0 Å². The van der Waals surface area contributed by atoms with Gasteiger partial charge < -0.3 is 0 Å². The summed E-state index contributed by atoms with van der Waals surface area (Å²) in [4.78, 5) is 7.92. The molecule has 16 heavy (non-hydrogen) atoms. The molecular weight excluding hydrogens is 198 g/mol. The lowest BCUT2D eigenvalue weighted by molar-refractivity contribution is 1.15. The zero-order valence-corrected chi connectivity index (χ0v) is 8.54. The van der Waals surface area contributed by atoms with E-state index >= 15 is 0 Å². The molecule has 0 amide bonds. The SMILES string of the molecule is N#Cc1ccc(/C=C/c2ccncn2)cc1. The molecule has 0 unspecified atom stereocenters. The molecule has 0 aliphatic heterocycles. The third kappa shape index (κ3) is 2.52. The van der Waals surface area contributed by atoms with Crippen LogP contribution in [0.2, 0.25) is 0 Å². The smallest absolute Gasteiger partial charge is 0.115 e. The minimum absolute atomic E-state index is 0.666. The Morgan fingerprint density at radius 1 is 1.06 bits per heavy atom. The number of benzene rings is 1. The van der Waals surface area contributed by atoms with Crippen molar-refractivity contribution in [2.24, 2.45) is 0 Å². The Labute approximate surface area is 93.7 Å². The summed E-state index contributed by atoms with van der Waals surface area (Å²) >= 11 is 0. The van der Waals surface area contributed by atoms with E-state index in [4.69, 9.17) is 5.26 Å². The Hall–Kier alpha value is -2.47. The average molecular weight is 207 g/mol. The molecule has 0 fully saturated rings. The summed E-state index contributed by atoms with van der Waals surface area (Å²) in [5.41, 5.74) is 2.57. The van der Waals surface area contributed by atoms with Crippen LogP contribution in [0.25, 0.3) is 12.2 Å². The van der Waals surface area contributed by atoms with E-state index in [1.165, 1.54) is 6.33 Å². The van der Waals surface area contributed by atoms with Crippen LogP contribution in [0.5, 0.6) is 0 Å². The highest BCUT2D eigenvalue weighted by molar-refractivity contribution is 5.67. The van der Waals surface area contributed by atoms with Crippen molar-refractivity contribution in [2.45, 2.75) is 0 Å². The molecule has 0 aliphatic carbocycles. The zero-order chi connectivity index (χ0) is 11.2. The normalized spacial score (nSPS) is 10.2. The monoisotopic (exact) mass is 207 g/mol. The summed E-state index contributed by atoms with van der Waals surface area (Å²) in [6.07, 6.45) is 7.07. The highest BCUT2D eigenvalue weighted by Gasteiger charge is 1.90. The van der Waals surface area contributed by atoms with Gasteiger partial charge in [0.05, 0.1) is 17.3 Å². The summed E-state index contributed by atoms with van der Waals surface area (Å²) in [5.74, 6) is 0. The van der Waals surface area contributed by atoms with Crippen LogP contribution >= 0.6 is 0 Å². The zero-order valence-electron chi connectivity index (χ0n) is 8.54. The molecule has 1 aromatic carbocycles. The van der Waals surface area contributed by atoms with Crippen LogP contribution in [0.4, 0.5) is 0 Å². The summed E-state index contributed by atoms with van der Waals surface area (Å²) < 4.78 is 0. The van der Waals surface area contributed by atoms with E-state index in [9.17, 15) is 0 Å². The lowest BCUT2D eigenvalue weighted by Gasteiger charge is -1.93. The Bertz CT molecular complexity index is 521. The molecule has 2 rings (SSSR count). The lowest BCUT2D eigenvalue weighted by Crippen LogP contribution is -1.80. The first-order valence-corrected chi connectivity index (χ1v) is 4.83. The van der Waals surface area contributed by atoms with Gasteiger partial charge in [-0.3, -0.25) is 0 Å². The van der Waals surface area contributed by atoms with E-state index in [0.29, 0.717) is 5.56 Å². The maximum atomic E-state index is 8.65. The summed E-state index contributed by atoms with van der Waals surface area (Å²) in [6.45, 7) is 0. The minimum atomic E-state index is 0.666. The Kier molecular flexibility index (Phi) is 3.05. The molecule has 76 valence electrons. The average Bonchev–Trinajstić information content (AvgIpc) is 2.38. The third-order valence-electron chi connectivity index (χ3n) is 2.09. The first kappa shape index (κ1) is 10.1. The fraction of sp³-hybridized carbons (Fsp3) is 0. The van der Waals surface area contributed by atoms with Gasteiger partial charge in [0.1, 0.15) is 6.33 Å². The van der Waals surface area contributed by atoms with Gasteiger partial charge in [0.15, 0.2) is 0 Å². The van der Waals surface area contributed by atoms with Gasteiger partial charge in [-0.2, -0.15) is 5.26 Å². The molecule has 0 saturated carbocycles. The van der Waals surface area contributed by atoms with Crippen LogP contribution in [0.15, 0.2) is 42.9 Å². The van der Waals surface area contributed by atoms with E-state index in [1.54, 1.807) is 18.3 Å². The highest BCUT2D eigenvalue weighted by atomic mass is 14.8. The Balaban J connectivity index is 2.15. The van der Waals surface area contributed by atoms with Crippen molar-refractivity contribution in [1.29, 1.82) is 5.26 Å². The van der Waals surface area contributed by atoms with E-state index in [-0.39, 0.29) is 0 Å². The number of nitriles is 1. The number of hydrogen-bond donors (Lipinski definition) is 0. The van der Waals surface area contributed by atoms with Gasteiger partial charge in [0.25, 0.3) is 0 Å². The quantitative estimate of drug-likeness (QED) is 0.760. The third-order valence-corrected chi connectivity index (χ3v) is 2.09. The van der Waals surface area contributed by atoms with Crippen molar-refractivity contribution >= 4 is 12.2 Å². The van der Waals surface area contributed by atoms with Gasteiger partial charge in [0, 0.05) is 6.20 Å². The highest BCUT2D eigenvalue weighted by Crippen LogP contribution is 2.07. The largest absolute Gasteiger partial charge is 0.245 e. The van der Waals surface area contributed by atoms with Crippen LogP contribution < -0.4 is 0 Å². The first-order chi connectivity index (χ1) is 7.88. The fourth-order valence-electron chi connectivity index (χ4n) is 1.25. The van der Waals surface area contributed by atoms with Crippen LogP contribution in [0, 0.1) is 11.3 Å². The van der Waals surface area contributed by atoms with Crippen LogP contribution in [-0.2, 0) is 0 Å². The van der Waals surface area contributed by atoms with Gasteiger partial charge in [0.2, 0.25) is 0 Å². The van der Waals surface area contributed by atoms with Gasteiger partial charge in [-0.15, -0.1) is 0 Å². The van der Waals surface area contributed by atoms with Gasteiger partial charge >= 0.3 is 0 Å². The number of rotatable bonds is 2. The molecular formula is C13H9N3. The second kappa shape index (κ2) is 4.85. The summed E-state index contributed by atoms with van der Waals surface area (Å²) in [6, 6.07) is 11.3. The maximum absolute atomic E-state index is 8.65. The molecule has 3 nitrogen and oxygen atoms in total. The van der Waals surface area contributed by atoms with Crippen LogP contribution in [0.3, 0.4) is 0 Å². The Morgan fingerprint density at radius 2 is 1.88 bits per heavy atom. The minimum Gasteiger partial charge on any atom is -0.245 e. The maximum Gasteiger partial charge on any atom is 0.115 e. The second-order valence-corrected chi connectivity index (χ2v) is 3.20. The summed E-state index contributed by atoms with van der Waals surface area (Å²) in [5, 5.41) is 8.65. The second-order valence-electron chi connectivity index (χ2n) is 3.20. The molecule has 1 heterocycles. The molecule has 0 spiro atoms. The topological polar surface area (TPSA) is 49.6 Å². The Morgan fingerprint density at radius 3 is 2.50 bits per heavy atom. The van der Waals surface area contributed by atoms with Gasteiger partial charge in [-0.05, 0) is 29.8 Å². The predicted molar refractivity (Wildman–Crippen MR) is 62.1 cm³/mol. The van der Waals surface area contributed by atoms with Crippen molar-refractivity contribution in [2.75, 3.05) is 0 Å². The molecule has 0 aliphatic rings. The van der Waals surface area contributed by atoms with Crippen molar-refractivity contribution in [1.82, 2.24) is 9.97 Å². The molecule has 0 atom stereocenters. The van der Waals surface area contributed by atoms with Crippen LogP contribution in [-0.4, -0.2) is 9.97 Å². The number of nitrogens with zero attached hydrogens (tertiary/aromatic N) is 3. The van der Waals surface area contributed by atoms with E-state index in [0.717, 1.165) is 11.3 Å². The predicted octanol–water partition coefficient (Wildman–Crippen LogP) is 2.52.